The van der Waals surface area contributed by atoms with Crippen molar-refractivity contribution >= 4 is 0 Å². The molecule has 0 aromatic heterocycles. The Balaban J connectivity index is 2.23. The van der Waals surface area contributed by atoms with Crippen LogP contribution in [0.4, 0.5) is 8.78 Å². The summed E-state index contributed by atoms with van der Waals surface area (Å²) in [6, 6.07) is 10.9. The Bertz CT molecular complexity index is 750. The predicted octanol–water partition coefficient (Wildman–Crippen LogP) is 7.19. The summed E-state index contributed by atoms with van der Waals surface area (Å²) >= 11 is 0. The monoisotopic (exact) mass is 434 g/mol. The number of hydrogen-bond donors (Lipinski definition) is 1. The van der Waals surface area contributed by atoms with E-state index in [2.05, 4.69) is 6.92 Å². The van der Waals surface area contributed by atoms with Crippen molar-refractivity contribution in [1.82, 2.24) is 0 Å². The van der Waals surface area contributed by atoms with Gasteiger partial charge in [0.2, 0.25) is 0 Å². The van der Waals surface area contributed by atoms with Crippen LogP contribution in [-0.4, -0.2) is 24.3 Å². The van der Waals surface area contributed by atoms with Crippen molar-refractivity contribution in [3.8, 4) is 11.1 Å². The fourth-order valence-electron chi connectivity index (χ4n) is 3.97. The lowest BCUT2D eigenvalue weighted by Gasteiger charge is -2.35. The number of rotatable bonds is 14. The van der Waals surface area contributed by atoms with Gasteiger partial charge in [0.1, 0.15) is 11.6 Å². The van der Waals surface area contributed by atoms with E-state index in [0.29, 0.717) is 24.3 Å². The quantitative estimate of drug-likeness (QED) is 0.253. The highest BCUT2D eigenvalue weighted by molar-refractivity contribution is 5.64. The van der Waals surface area contributed by atoms with Crippen molar-refractivity contribution < 1.29 is 23.4 Å². The maximum absolute atomic E-state index is 13.6. The van der Waals surface area contributed by atoms with Gasteiger partial charge in [-0.25, -0.2) is 8.78 Å². The van der Waals surface area contributed by atoms with Crippen LogP contribution in [0.2, 0.25) is 0 Å². The zero-order valence-corrected chi connectivity index (χ0v) is 19.0. The first-order valence-electron chi connectivity index (χ1n) is 11.5. The Morgan fingerprint density at radius 1 is 0.774 bits per heavy atom. The van der Waals surface area contributed by atoms with Crippen LogP contribution in [0.15, 0.2) is 42.5 Å². The largest absolute Gasteiger partial charge is 0.343 e. The van der Waals surface area contributed by atoms with Crippen molar-refractivity contribution in [2.75, 3.05) is 13.2 Å². The molecule has 0 fully saturated rings. The Hall–Kier alpha value is -1.82. The number of ether oxygens (including phenoxy) is 2. The molecule has 0 spiro atoms. The molecule has 172 valence electrons. The van der Waals surface area contributed by atoms with Gasteiger partial charge < -0.3 is 14.6 Å². The Morgan fingerprint density at radius 2 is 1.32 bits per heavy atom. The maximum Gasteiger partial charge on any atom is 0.287 e. The Labute approximate surface area is 185 Å². The van der Waals surface area contributed by atoms with Crippen molar-refractivity contribution in [3.63, 3.8) is 0 Å². The van der Waals surface area contributed by atoms with Crippen molar-refractivity contribution in [1.29, 1.82) is 0 Å². The predicted molar refractivity (Wildman–Crippen MR) is 121 cm³/mol. The summed E-state index contributed by atoms with van der Waals surface area (Å²) in [5.41, 5.74) is 2.05. The van der Waals surface area contributed by atoms with Gasteiger partial charge >= 0.3 is 0 Å². The molecular formula is C26H36F2O3. The molecule has 0 saturated carbocycles. The first-order valence-corrected chi connectivity index (χ1v) is 11.5. The van der Waals surface area contributed by atoms with E-state index in [4.69, 9.17) is 9.47 Å². The molecule has 0 radical (unpaired) electrons. The summed E-state index contributed by atoms with van der Waals surface area (Å²) in [4.78, 5) is 0. The van der Waals surface area contributed by atoms with Crippen LogP contribution in [-0.2, 0) is 9.47 Å². The van der Waals surface area contributed by atoms with Crippen molar-refractivity contribution in [2.24, 2.45) is 0 Å². The summed E-state index contributed by atoms with van der Waals surface area (Å²) in [6.07, 6.45) is 7.61. The first kappa shape index (κ1) is 25.4. The molecule has 31 heavy (non-hydrogen) atoms. The molecule has 1 unspecified atom stereocenters. The minimum Gasteiger partial charge on any atom is -0.343 e. The number of halogens is 2. The highest BCUT2D eigenvalue weighted by atomic mass is 19.1. The highest BCUT2D eigenvalue weighted by Crippen LogP contribution is 2.36. The SMILES string of the molecule is CCCCCCCCC(c1ccc(-c2cc(F)cc(F)c2)cc1)C(O)(OCC)OCC. The van der Waals surface area contributed by atoms with Crippen LogP contribution >= 0.6 is 0 Å². The second-order valence-corrected chi connectivity index (χ2v) is 7.89. The third-order valence-corrected chi connectivity index (χ3v) is 5.50. The number of aliphatic hydroxyl groups is 1. The number of benzene rings is 2. The van der Waals surface area contributed by atoms with E-state index >= 15 is 0 Å². The molecule has 1 N–H and O–H groups in total. The fraction of sp³-hybridized carbons (Fsp3) is 0.538. The number of unbranched alkanes of at least 4 members (excludes halogenated alkanes) is 5. The lowest BCUT2D eigenvalue weighted by Crippen LogP contribution is -2.42. The topological polar surface area (TPSA) is 38.7 Å². The lowest BCUT2D eigenvalue weighted by molar-refractivity contribution is -0.370. The lowest BCUT2D eigenvalue weighted by atomic mass is 9.89. The minimum absolute atomic E-state index is 0.324. The van der Waals surface area contributed by atoms with Gasteiger partial charge in [0.25, 0.3) is 5.97 Å². The molecule has 0 heterocycles. The molecule has 2 aromatic rings. The summed E-state index contributed by atoms with van der Waals surface area (Å²) in [7, 11) is 0. The normalized spacial score (nSPS) is 12.8. The highest BCUT2D eigenvalue weighted by Gasteiger charge is 2.39. The summed E-state index contributed by atoms with van der Waals surface area (Å²) in [5, 5.41) is 11.2. The molecular weight excluding hydrogens is 398 g/mol. The molecule has 2 aromatic carbocycles. The first-order chi connectivity index (χ1) is 14.9. The van der Waals surface area contributed by atoms with E-state index in [1.165, 1.54) is 37.8 Å². The van der Waals surface area contributed by atoms with E-state index in [1.807, 2.05) is 38.1 Å². The molecule has 0 saturated heterocycles. The molecule has 0 bridgehead atoms. The van der Waals surface area contributed by atoms with Gasteiger partial charge in [0.05, 0.1) is 5.92 Å². The minimum atomic E-state index is -1.71. The molecule has 2 rings (SSSR count). The van der Waals surface area contributed by atoms with Crippen molar-refractivity contribution in [3.05, 3.63) is 59.7 Å². The third kappa shape index (κ3) is 7.67. The van der Waals surface area contributed by atoms with E-state index in [9.17, 15) is 13.9 Å². The van der Waals surface area contributed by atoms with Gasteiger partial charge in [-0.2, -0.15) is 0 Å². The van der Waals surface area contributed by atoms with Gasteiger partial charge in [-0.15, -0.1) is 0 Å². The van der Waals surface area contributed by atoms with Gasteiger partial charge in [0.15, 0.2) is 0 Å². The van der Waals surface area contributed by atoms with Crippen LogP contribution < -0.4 is 0 Å². The Morgan fingerprint density at radius 3 is 1.87 bits per heavy atom. The second-order valence-electron chi connectivity index (χ2n) is 7.89. The molecule has 0 aliphatic rings. The summed E-state index contributed by atoms with van der Waals surface area (Å²) in [6.45, 7) is 6.50. The second kappa shape index (κ2) is 12.9. The van der Waals surface area contributed by atoms with E-state index in [1.54, 1.807) is 0 Å². The van der Waals surface area contributed by atoms with E-state index < -0.39 is 17.6 Å². The number of hydrogen-bond acceptors (Lipinski definition) is 3. The van der Waals surface area contributed by atoms with Crippen LogP contribution in [0.1, 0.15) is 77.2 Å². The zero-order valence-electron chi connectivity index (χ0n) is 19.0. The standard InChI is InChI=1S/C26H36F2O3/c1-4-7-8-9-10-11-12-25(26(29,30-5-2)31-6-3)21-15-13-20(14-16-21)22-17-23(27)19-24(28)18-22/h13-19,25,29H,4-12H2,1-3H3. The molecule has 0 aliphatic heterocycles. The van der Waals surface area contributed by atoms with Crippen LogP contribution in [0.5, 0.6) is 0 Å². The van der Waals surface area contributed by atoms with Crippen LogP contribution in [0.25, 0.3) is 11.1 Å². The third-order valence-electron chi connectivity index (χ3n) is 5.50. The molecule has 0 amide bonds. The Kier molecular flexibility index (Phi) is 10.6. The molecule has 5 heteroatoms. The summed E-state index contributed by atoms with van der Waals surface area (Å²) < 4.78 is 38.5. The smallest absolute Gasteiger partial charge is 0.287 e. The molecule has 0 aliphatic carbocycles. The summed E-state index contributed by atoms with van der Waals surface area (Å²) in [5.74, 6) is -3.29. The van der Waals surface area contributed by atoms with Gasteiger partial charge in [-0.3, -0.25) is 0 Å². The van der Waals surface area contributed by atoms with Crippen LogP contribution in [0, 0.1) is 11.6 Å². The average molecular weight is 435 g/mol. The molecule has 1 atom stereocenters. The van der Waals surface area contributed by atoms with E-state index in [-0.39, 0.29) is 5.92 Å². The molecule has 3 nitrogen and oxygen atoms in total. The zero-order chi connectivity index (χ0) is 22.7. The van der Waals surface area contributed by atoms with Crippen LogP contribution in [0.3, 0.4) is 0 Å². The van der Waals surface area contributed by atoms with Gasteiger partial charge in [0, 0.05) is 19.3 Å². The average Bonchev–Trinajstić information content (AvgIpc) is 2.73. The fourth-order valence-corrected chi connectivity index (χ4v) is 3.97. The maximum atomic E-state index is 13.6. The van der Waals surface area contributed by atoms with Gasteiger partial charge in [-0.1, -0.05) is 69.7 Å². The van der Waals surface area contributed by atoms with Gasteiger partial charge in [-0.05, 0) is 49.1 Å². The van der Waals surface area contributed by atoms with Crippen molar-refractivity contribution in [2.45, 2.75) is 77.6 Å². The van der Waals surface area contributed by atoms with E-state index in [0.717, 1.165) is 30.9 Å².